The molecule has 19 heavy (non-hydrogen) atoms. The summed E-state index contributed by atoms with van der Waals surface area (Å²) in [5.74, 6) is 1.86. The summed E-state index contributed by atoms with van der Waals surface area (Å²) < 4.78 is 28.8. The molecule has 0 aliphatic heterocycles. The monoisotopic (exact) mass is 268 g/mol. The Morgan fingerprint density at radius 1 is 1.16 bits per heavy atom. The SMILES string of the molecule is CCC1CCC(Cc2cccc(OC(F)F)c2)CC1. The molecule has 1 nitrogen and oxygen atoms in total. The first-order chi connectivity index (χ1) is 9.17. The van der Waals surface area contributed by atoms with E-state index in [4.69, 9.17) is 0 Å². The van der Waals surface area contributed by atoms with Crippen LogP contribution in [0.4, 0.5) is 8.78 Å². The fourth-order valence-corrected chi connectivity index (χ4v) is 3.03. The van der Waals surface area contributed by atoms with Crippen LogP contribution in [0.2, 0.25) is 0 Å². The molecule has 1 fully saturated rings. The van der Waals surface area contributed by atoms with Crippen LogP contribution in [0.25, 0.3) is 0 Å². The first kappa shape index (κ1) is 14.3. The van der Waals surface area contributed by atoms with Crippen molar-refractivity contribution in [1.29, 1.82) is 0 Å². The highest BCUT2D eigenvalue weighted by atomic mass is 19.3. The summed E-state index contributed by atoms with van der Waals surface area (Å²) in [4.78, 5) is 0. The van der Waals surface area contributed by atoms with Crippen LogP contribution >= 0.6 is 0 Å². The molecule has 0 unspecified atom stereocenters. The van der Waals surface area contributed by atoms with Gasteiger partial charge in [-0.2, -0.15) is 8.78 Å². The van der Waals surface area contributed by atoms with Gasteiger partial charge < -0.3 is 4.74 Å². The standard InChI is InChI=1S/C16H22F2O/c1-2-12-6-8-13(9-7-12)10-14-4-3-5-15(11-14)19-16(17)18/h3-5,11-13,16H,2,6-10H2,1H3. The first-order valence-electron chi connectivity index (χ1n) is 7.21. The number of ether oxygens (including phenoxy) is 1. The molecule has 106 valence electrons. The lowest BCUT2D eigenvalue weighted by Gasteiger charge is -2.27. The average molecular weight is 268 g/mol. The van der Waals surface area contributed by atoms with E-state index in [1.54, 1.807) is 18.2 Å². The summed E-state index contributed by atoms with van der Waals surface area (Å²) in [6.07, 6.45) is 7.42. The fraction of sp³-hybridized carbons (Fsp3) is 0.625. The number of benzene rings is 1. The number of hydrogen-bond donors (Lipinski definition) is 0. The molecule has 0 heterocycles. The second-order valence-corrected chi connectivity index (χ2v) is 5.53. The van der Waals surface area contributed by atoms with Crippen LogP contribution in [0.15, 0.2) is 24.3 Å². The van der Waals surface area contributed by atoms with E-state index in [0.29, 0.717) is 5.92 Å². The highest BCUT2D eigenvalue weighted by Crippen LogP contribution is 2.33. The van der Waals surface area contributed by atoms with E-state index >= 15 is 0 Å². The minimum absolute atomic E-state index is 0.273. The zero-order valence-corrected chi connectivity index (χ0v) is 11.4. The van der Waals surface area contributed by atoms with Crippen LogP contribution in [0.1, 0.15) is 44.6 Å². The van der Waals surface area contributed by atoms with E-state index in [1.807, 2.05) is 6.07 Å². The lowest BCUT2D eigenvalue weighted by molar-refractivity contribution is -0.0498. The van der Waals surface area contributed by atoms with E-state index in [9.17, 15) is 8.78 Å². The maximum atomic E-state index is 12.2. The molecule has 0 radical (unpaired) electrons. The highest BCUT2D eigenvalue weighted by molar-refractivity contribution is 5.28. The summed E-state index contributed by atoms with van der Waals surface area (Å²) in [6, 6.07) is 7.14. The van der Waals surface area contributed by atoms with Gasteiger partial charge in [0.2, 0.25) is 0 Å². The van der Waals surface area contributed by atoms with Crippen molar-refractivity contribution >= 4 is 0 Å². The Kier molecular flexibility index (Phi) is 5.17. The van der Waals surface area contributed by atoms with Gasteiger partial charge in [0, 0.05) is 0 Å². The van der Waals surface area contributed by atoms with Crippen molar-refractivity contribution in [1.82, 2.24) is 0 Å². The molecule has 2 rings (SSSR count). The van der Waals surface area contributed by atoms with Crippen molar-refractivity contribution in [2.45, 2.75) is 52.1 Å². The molecule has 1 aromatic rings. The van der Waals surface area contributed by atoms with Crippen molar-refractivity contribution in [2.24, 2.45) is 11.8 Å². The van der Waals surface area contributed by atoms with E-state index in [0.717, 1.165) is 17.9 Å². The molecule has 0 amide bonds. The van der Waals surface area contributed by atoms with E-state index in [2.05, 4.69) is 11.7 Å². The van der Waals surface area contributed by atoms with Gasteiger partial charge in [-0.15, -0.1) is 0 Å². The van der Waals surface area contributed by atoms with Crippen LogP contribution in [-0.4, -0.2) is 6.61 Å². The fourth-order valence-electron chi connectivity index (χ4n) is 3.03. The van der Waals surface area contributed by atoms with Crippen LogP contribution in [-0.2, 0) is 6.42 Å². The van der Waals surface area contributed by atoms with Crippen molar-refractivity contribution in [3.05, 3.63) is 29.8 Å². The molecular formula is C16H22F2O. The largest absolute Gasteiger partial charge is 0.435 e. The summed E-state index contributed by atoms with van der Waals surface area (Å²) in [5.41, 5.74) is 1.11. The lowest BCUT2D eigenvalue weighted by Crippen LogP contribution is -2.15. The predicted octanol–water partition coefficient (Wildman–Crippen LogP) is 5.05. The summed E-state index contributed by atoms with van der Waals surface area (Å²) >= 11 is 0. The summed E-state index contributed by atoms with van der Waals surface area (Å²) in [5, 5.41) is 0. The van der Waals surface area contributed by atoms with Crippen molar-refractivity contribution < 1.29 is 13.5 Å². The Bertz CT molecular complexity index is 384. The van der Waals surface area contributed by atoms with E-state index in [1.165, 1.54) is 32.1 Å². The van der Waals surface area contributed by atoms with Crippen molar-refractivity contribution in [3.8, 4) is 5.75 Å². The summed E-state index contributed by atoms with van der Waals surface area (Å²) in [7, 11) is 0. The minimum Gasteiger partial charge on any atom is -0.435 e. The molecule has 0 bridgehead atoms. The molecule has 0 N–H and O–H groups in total. The Labute approximate surface area is 114 Å². The second kappa shape index (κ2) is 6.88. The van der Waals surface area contributed by atoms with Gasteiger partial charge in [-0.25, -0.2) is 0 Å². The molecule has 3 heteroatoms. The average Bonchev–Trinajstić information content (AvgIpc) is 2.39. The quantitative estimate of drug-likeness (QED) is 0.726. The van der Waals surface area contributed by atoms with Gasteiger partial charge >= 0.3 is 6.61 Å². The molecule has 0 spiro atoms. The number of rotatable bonds is 5. The first-order valence-corrected chi connectivity index (χ1v) is 7.21. The van der Waals surface area contributed by atoms with Gasteiger partial charge in [-0.05, 0) is 48.8 Å². The topological polar surface area (TPSA) is 9.23 Å². The van der Waals surface area contributed by atoms with Crippen LogP contribution in [0.3, 0.4) is 0 Å². The van der Waals surface area contributed by atoms with Gasteiger partial charge in [-0.3, -0.25) is 0 Å². The Hall–Kier alpha value is -1.12. The lowest BCUT2D eigenvalue weighted by atomic mass is 9.78. The number of halogens is 2. The van der Waals surface area contributed by atoms with Crippen molar-refractivity contribution in [2.75, 3.05) is 0 Å². The molecule has 1 aliphatic carbocycles. The third kappa shape index (κ3) is 4.48. The molecule has 1 aromatic carbocycles. The molecule has 0 aromatic heterocycles. The van der Waals surface area contributed by atoms with Crippen molar-refractivity contribution in [3.63, 3.8) is 0 Å². The molecule has 0 atom stereocenters. The van der Waals surface area contributed by atoms with Gasteiger partial charge in [0.15, 0.2) is 0 Å². The second-order valence-electron chi connectivity index (χ2n) is 5.53. The van der Waals surface area contributed by atoms with E-state index < -0.39 is 6.61 Å². The molecule has 0 saturated heterocycles. The normalized spacial score (nSPS) is 23.6. The Morgan fingerprint density at radius 3 is 2.47 bits per heavy atom. The number of hydrogen-bond acceptors (Lipinski definition) is 1. The highest BCUT2D eigenvalue weighted by Gasteiger charge is 2.20. The van der Waals surface area contributed by atoms with Crippen LogP contribution in [0, 0.1) is 11.8 Å². The Morgan fingerprint density at radius 2 is 1.84 bits per heavy atom. The maximum Gasteiger partial charge on any atom is 0.387 e. The molecule has 1 saturated carbocycles. The van der Waals surface area contributed by atoms with Gasteiger partial charge in [0.25, 0.3) is 0 Å². The van der Waals surface area contributed by atoms with Gasteiger partial charge in [0.1, 0.15) is 5.75 Å². The van der Waals surface area contributed by atoms with Gasteiger partial charge in [-0.1, -0.05) is 38.3 Å². The summed E-state index contributed by atoms with van der Waals surface area (Å²) in [6.45, 7) is -0.480. The number of alkyl halides is 2. The van der Waals surface area contributed by atoms with Gasteiger partial charge in [0.05, 0.1) is 0 Å². The zero-order valence-electron chi connectivity index (χ0n) is 11.4. The predicted molar refractivity (Wildman–Crippen MR) is 72.5 cm³/mol. The Balaban J connectivity index is 1.89. The van der Waals surface area contributed by atoms with E-state index in [-0.39, 0.29) is 5.75 Å². The molecular weight excluding hydrogens is 246 g/mol. The smallest absolute Gasteiger partial charge is 0.387 e. The zero-order chi connectivity index (χ0) is 13.7. The maximum absolute atomic E-state index is 12.2. The third-order valence-corrected chi connectivity index (χ3v) is 4.19. The minimum atomic E-state index is -2.74. The molecule has 1 aliphatic rings. The van der Waals surface area contributed by atoms with Crippen LogP contribution < -0.4 is 4.74 Å². The third-order valence-electron chi connectivity index (χ3n) is 4.19. The van der Waals surface area contributed by atoms with Crippen LogP contribution in [0.5, 0.6) is 5.75 Å².